The van der Waals surface area contributed by atoms with Crippen molar-refractivity contribution in [2.75, 3.05) is 4.90 Å². The molecule has 118 valence electrons. The average molecular weight is 320 g/mol. The molecule has 0 aliphatic carbocycles. The number of pyridine rings is 1. The van der Waals surface area contributed by atoms with Crippen molar-refractivity contribution in [3.8, 4) is 22.3 Å². The molecule has 2 heterocycles. The predicted molar refractivity (Wildman–Crippen MR) is 103 cm³/mol. The molecule has 5 rings (SSSR count). The molecule has 0 saturated heterocycles. The summed E-state index contributed by atoms with van der Waals surface area (Å²) in [4.78, 5) is 6.89. The third-order valence-corrected chi connectivity index (χ3v) is 4.68. The van der Waals surface area contributed by atoms with Gasteiger partial charge in [0.25, 0.3) is 0 Å². The number of para-hydroxylation sites is 2. The van der Waals surface area contributed by atoms with E-state index >= 15 is 0 Å². The molecule has 0 amide bonds. The van der Waals surface area contributed by atoms with Crippen molar-refractivity contribution in [3.63, 3.8) is 0 Å². The summed E-state index contributed by atoms with van der Waals surface area (Å²) in [6, 6.07) is 31.8. The van der Waals surface area contributed by atoms with E-state index in [-0.39, 0.29) is 0 Å². The van der Waals surface area contributed by atoms with Crippen molar-refractivity contribution in [2.45, 2.75) is 0 Å². The lowest BCUT2D eigenvalue weighted by Crippen LogP contribution is -2.12. The molecule has 4 aromatic rings. The highest BCUT2D eigenvalue weighted by Crippen LogP contribution is 2.49. The summed E-state index contributed by atoms with van der Waals surface area (Å²) < 4.78 is 0. The zero-order valence-corrected chi connectivity index (χ0v) is 13.6. The molecule has 0 atom stereocenters. The van der Waals surface area contributed by atoms with Crippen molar-refractivity contribution >= 4 is 17.2 Å². The lowest BCUT2D eigenvalue weighted by Gasteiger charge is -2.25. The highest BCUT2D eigenvalue weighted by molar-refractivity contribution is 6.01. The van der Waals surface area contributed by atoms with Gasteiger partial charge in [0, 0.05) is 17.3 Å². The lowest BCUT2D eigenvalue weighted by molar-refractivity contribution is 1.19. The Labute approximate surface area is 147 Å². The molecular weight excluding hydrogens is 304 g/mol. The molecule has 2 heteroatoms. The Bertz CT molecular complexity index is 988. The van der Waals surface area contributed by atoms with Gasteiger partial charge in [0.15, 0.2) is 0 Å². The quantitative estimate of drug-likeness (QED) is 0.365. The summed E-state index contributed by atoms with van der Waals surface area (Å²) >= 11 is 0. The van der Waals surface area contributed by atoms with Gasteiger partial charge in [-0.05, 0) is 35.4 Å². The molecule has 0 unspecified atom stereocenters. The first-order chi connectivity index (χ1) is 12.4. The van der Waals surface area contributed by atoms with Crippen LogP contribution in [0, 0.1) is 0 Å². The van der Waals surface area contributed by atoms with E-state index in [1.165, 1.54) is 22.3 Å². The van der Waals surface area contributed by atoms with Crippen LogP contribution < -0.4 is 4.90 Å². The summed E-state index contributed by atoms with van der Waals surface area (Å²) in [5.74, 6) is 0.926. The van der Waals surface area contributed by atoms with Gasteiger partial charge in [-0.15, -0.1) is 0 Å². The number of hydrogen-bond acceptors (Lipinski definition) is 2. The highest BCUT2D eigenvalue weighted by Gasteiger charge is 2.25. The Balaban J connectivity index is 1.92. The van der Waals surface area contributed by atoms with E-state index < -0.39 is 0 Å². The van der Waals surface area contributed by atoms with Gasteiger partial charge >= 0.3 is 0 Å². The van der Waals surface area contributed by atoms with E-state index in [0.717, 1.165) is 17.2 Å². The maximum Gasteiger partial charge on any atom is 0.137 e. The van der Waals surface area contributed by atoms with Crippen molar-refractivity contribution < 1.29 is 0 Å². The van der Waals surface area contributed by atoms with Crippen molar-refractivity contribution in [1.29, 1.82) is 0 Å². The van der Waals surface area contributed by atoms with Crippen molar-refractivity contribution in [2.24, 2.45) is 0 Å². The first kappa shape index (κ1) is 14.0. The summed E-state index contributed by atoms with van der Waals surface area (Å²) in [6.45, 7) is 0. The summed E-state index contributed by atoms with van der Waals surface area (Å²) in [5.41, 5.74) is 7.25. The Morgan fingerprint density at radius 3 is 1.48 bits per heavy atom. The number of anilines is 3. The number of aromatic nitrogens is 1. The van der Waals surface area contributed by atoms with E-state index in [9.17, 15) is 0 Å². The fraction of sp³-hybridized carbons (Fsp3) is 0. The van der Waals surface area contributed by atoms with Crippen LogP contribution in [0.4, 0.5) is 17.2 Å². The van der Waals surface area contributed by atoms with Gasteiger partial charge in [-0.2, -0.15) is 0 Å². The van der Waals surface area contributed by atoms with Gasteiger partial charge in [-0.1, -0.05) is 66.7 Å². The van der Waals surface area contributed by atoms with Gasteiger partial charge in [-0.3, -0.25) is 4.90 Å². The maximum atomic E-state index is 4.63. The van der Waals surface area contributed by atoms with E-state index in [1.807, 2.05) is 18.3 Å². The molecule has 3 aromatic carbocycles. The third-order valence-electron chi connectivity index (χ3n) is 4.68. The van der Waals surface area contributed by atoms with Crippen LogP contribution in [-0.2, 0) is 0 Å². The van der Waals surface area contributed by atoms with Crippen LogP contribution in [0.2, 0.25) is 0 Å². The smallest absolute Gasteiger partial charge is 0.137 e. The third kappa shape index (κ3) is 2.15. The molecule has 0 N–H and O–H groups in total. The Hall–Kier alpha value is -3.39. The molecule has 1 aliphatic heterocycles. The van der Waals surface area contributed by atoms with Crippen LogP contribution in [0.15, 0.2) is 97.2 Å². The molecule has 0 spiro atoms. The zero-order valence-electron chi connectivity index (χ0n) is 13.6. The van der Waals surface area contributed by atoms with Gasteiger partial charge in [0.2, 0.25) is 0 Å². The fourth-order valence-electron chi connectivity index (χ4n) is 3.61. The van der Waals surface area contributed by atoms with E-state index in [2.05, 4.69) is 88.7 Å². The first-order valence-corrected chi connectivity index (χ1v) is 8.42. The summed E-state index contributed by atoms with van der Waals surface area (Å²) in [7, 11) is 0. The molecule has 0 radical (unpaired) electrons. The molecule has 1 aromatic heterocycles. The molecule has 0 bridgehead atoms. The fourth-order valence-corrected chi connectivity index (χ4v) is 3.61. The van der Waals surface area contributed by atoms with Gasteiger partial charge in [0.1, 0.15) is 5.82 Å². The van der Waals surface area contributed by atoms with Crippen LogP contribution >= 0.6 is 0 Å². The van der Waals surface area contributed by atoms with Gasteiger partial charge in [0.05, 0.1) is 11.4 Å². The van der Waals surface area contributed by atoms with Gasteiger partial charge in [-0.25, -0.2) is 4.98 Å². The van der Waals surface area contributed by atoms with E-state index in [0.29, 0.717) is 0 Å². The van der Waals surface area contributed by atoms with Crippen LogP contribution in [-0.4, -0.2) is 4.98 Å². The molecule has 0 saturated carbocycles. The Morgan fingerprint density at radius 2 is 0.960 bits per heavy atom. The summed E-state index contributed by atoms with van der Waals surface area (Å²) in [5, 5.41) is 0. The van der Waals surface area contributed by atoms with E-state index in [4.69, 9.17) is 0 Å². The minimum absolute atomic E-state index is 0.926. The van der Waals surface area contributed by atoms with Crippen LogP contribution in [0.5, 0.6) is 0 Å². The number of benzene rings is 3. The molecule has 25 heavy (non-hydrogen) atoms. The van der Waals surface area contributed by atoms with Crippen LogP contribution in [0.3, 0.4) is 0 Å². The standard InChI is InChI=1S/C23H16N2/c1-2-10-18-17(9-1)19-11-3-5-13-21(19)25(23-15-7-8-16-24-23)22-14-6-4-12-20(18)22/h1-16H. The molecular formula is C23H16N2. The second-order valence-electron chi connectivity index (χ2n) is 6.10. The molecule has 0 fully saturated rings. The Morgan fingerprint density at radius 1 is 0.480 bits per heavy atom. The molecule has 1 aliphatic rings. The number of nitrogens with zero attached hydrogens (tertiary/aromatic N) is 2. The SMILES string of the molecule is c1ccc(N2c3ccccc3-c3ccccc3-c3ccccc32)nc1. The van der Waals surface area contributed by atoms with Crippen molar-refractivity contribution in [3.05, 3.63) is 97.2 Å². The average Bonchev–Trinajstić information content (AvgIpc) is 2.82. The van der Waals surface area contributed by atoms with Gasteiger partial charge < -0.3 is 0 Å². The lowest BCUT2D eigenvalue weighted by atomic mass is 9.95. The van der Waals surface area contributed by atoms with E-state index in [1.54, 1.807) is 0 Å². The monoisotopic (exact) mass is 320 g/mol. The zero-order chi connectivity index (χ0) is 16.6. The first-order valence-electron chi connectivity index (χ1n) is 8.42. The second-order valence-corrected chi connectivity index (χ2v) is 6.10. The van der Waals surface area contributed by atoms with Crippen molar-refractivity contribution in [1.82, 2.24) is 4.98 Å². The summed E-state index contributed by atoms with van der Waals surface area (Å²) in [6.07, 6.45) is 1.85. The predicted octanol–water partition coefficient (Wildman–Crippen LogP) is 6.20. The van der Waals surface area contributed by atoms with Crippen LogP contribution in [0.1, 0.15) is 0 Å². The second kappa shape index (κ2) is 5.60. The Kier molecular flexibility index (Phi) is 3.14. The molecule has 2 nitrogen and oxygen atoms in total. The largest absolute Gasteiger partial charge is 0.294 e. The normalized spacial score (nSPS) is 11.9. The number of hydrogen-bond donors (Lipinski definition) is 0. The number of fused-ring (bicyclic) bond motifs is 5. The maximum absolute atomic E-state index is 4.63. The topological polar surface area (TPSA) is 16.1 Å². The minimum Gasteiger partial charge on any atom is -0.294 e. The highest BCUT2D eigenvalue weighted by atomic mass is 15.2. The number of rotatable bonds is 1. The minimum atomic E-state index is 0.926. The van der Waals surface area contributed by atoms with Crippen LogP contribution in [0.25, 0.3) is 22.3 Å².